The largest absolute Gasteiger partial charge is 0.394 e. The first-order valence-electron chi connectivity index (χ1n) is 15.3. The van der Waals surface area contributed by atoms with E-state index in [1.54, 1.807) is 0 Å². The summed E-state index contributed by atoms with van der Waals surface area (Å²) in [7, 11) is 0. The monoisotopic (exact) mass is 609 g/mol. The second-order valence-corrected chi connectivity index (χ2v) is 11.2. The number of ketones is 2. The third-order valence-electron chi connectivity index (χ3n) is 7.61. The molecule has 0 aromatic heterocycles. The number of aliphatic hydroxyl groups is 3. The van der Waals surface area contributed by atoms with Crippen LogP contribution in [-0.4, -0.2) is 99.1 Å². The van der Waals surface area contributed by atoms with Crippen molar-refractivity contribution in [1.29, 1.82) is 0 Å². The van der Waals surface area contributed by atoms with Gasteiger partial charge in [-0.2, -0.15) is 0 Å². The third kappa shape index (κ3) is 13.0. The molecular weight excluding hydrogens is 562 g/mol. The van der Waals surface area contributed by atoms with Crippen molar-refractivity contribution in [2.24, 2.45) is 0 Å². The summed E-state index contributed by atoms with van der Waals surface area (Å²) in [5, 5.41) is 34.8. The number of carbonyl (C=O) groups is 6. The minimum Gasteiger partial charge on any atom is -0.394 e. The van der Waals surface area contributed by atoms with E-state index < -0.39 is 43.1 Å². The van der Waals surface area contributed by atoms with Gasteiger partial charge in [0.05, 0.1) is 6.61 Å². The first-order valence-corrected chi connectivity index (χ1v) is 15.3. The fourth-order valence-corrected chi connectivity index (χ4v) is 5.14. The van der Waals surface area contributed by atoms with Crippen LogP contribution < -0.4 is 10.6 Å². The number of Topliss-reactive ketones (excluding diaryl/α,β-unsaturated/α-hetero) is 2. The Bertz CT molecular complexity index is 983. The Labute approximate surface area is 252 Å². The highest BCUT2D eigenvalue weighted by molar-refractivity contribution is 6.12. The molecule has 5 atom stereocenters. The number of nitrogens with one attached hydrogen (secondary N) is 2. The van der Waals surface area contributed by atoms with Gasteiger partial charge in [0.25, 0.3) is 11.8 Å². The smallest absolute Gasteiger partial charge is 0.253 e. The molecule has 0 unspecified atom stereocenters. The number of hydrogen-bond acceptors (Lipinski definition) is 10. The van der Waals surface area contributed by atoms with Crippen LogP contribution >= 0.6 is 0 Å². The molecule has 0 radical (unpaired) electrons. The van der Waals surface area contributed by atoms with Gasteiger partial charge in [0.15, 0.2) is 6.23 Å². The average molecular weight is 610 g/mol. The lowest BCUT2D eigenvalue weighted by molar-refractivity contribution is -0.203. The van der Waals surface area contributed by atoms with E-state index in [9.17, 15) is 44.1 Å². The maximum atomic E-state index is 12.4. The molecule has 242 valence electrons. The molecule has 1 fully saturated rings. The van der Waals surface area contributed by atoms with Crippen molar-refractivity contribution in [3.8, 4) is 0 Å². The number of aliphatic hydroxyl groups excluding tert-OH is 3. The molecule has 1 saturated heterocycles. The molecule has 0 spiro atoms. The first kappa shape index (κ1) is 36.2. The molecule has 4 amide bonds. The van der Waals surface area contributed by atoms with Crippen molar-refractivity contribution in [3.05, 3.63) is 12.2 Å². The molecule has 2 heterocycles. The molecular formula is C30H47N3O10. The van der Waals surface area contributed by atoms with Crippen molar-refractivity contribution in [2.75, 3.05) is 13.2 Å². The van der Waals surface area contributed by atoms with Gasteiger partial charge in [0, 0.05) is 57.7 Å². The van der Waals surface area contributed by atoms with Crippen LogP contribution in [0.25, 0.3) is 0 Å². The van der Waals surface area contributed by atoms with Crippen LogP contribution in [0.5, 0.6) is 0 Å². The molecule has 0 saturated carbocycles. The zero-order valence-corrected chi connectivity index (χ0v) is 25.0. The molecule has 2 rings (SSSR count). The minimum absolute atomic E-state index is 0.145. The van der Waals surface area contributed by atoms with Crippen molar-refractivity contribution in [3.63, 3.8) is 0 Å². The van der Waals surface area contributed by atoms with Crippen LogP contribution in [0, 0.1) is 0 Å². The van der Waals surface area contributed by atoms with Crippen molar-refractivity contribution in [1.82, 2.24) is 15.5 Å². The Kier molecular flexibility index (Phi) is 16.3. The number of unbranched alkanes of at least 4 members (excludes halogenated alkanes) is 6. The SMILES string of the molecule is CC(=O)N[C@@H]1[C@@H](O)[C@H](O)[C@@H](CO)O[C@H]1NC(=O)CCCCCC(=O)CCCCCC(=O)CCCCCN1C(=O)C=CC1=O. The molecule has 0 aliphatic carbocycles. The Morgan fingerprint density at radius 2 is 1.23 bits per heavy atom. The van der Waals surface area contributed by atoms with E-state index >= 15 is 0 Å². The summed E-state index contributed by atoms with van der Waals surface area (Å²) in [4.78, 5) is 72.3. The highest BCUT2D eigenvalue weighted by atomic mass is 16.5. The molecule has 5 N–H and O–H groups in total. The van der Waals surface area contributed by atoms with Crippen LogP contribution in [0.3, 0.4) is 0 Å². The molecule has 13 nitrogen and oxygen atoms in total. The highest BCUT2D eigenvalue weighted by Crippen LogP contribution is 2.20. The van der Waals surface area contributed by atoms with Gasteiger partial charge in [-0.05, 0) is 38.5 Å². The van der Waals surface area contributed by atoms with Gasteiger partial charge in [-0.15, -0.1) is 0 Å². The van der Waals surface area contributed by atoms with Gasteiger partial charge in [-0.25, -0.2) is 0 Å². The number of amides is 4. The summed E-state index contributed by atoms with van der Waals surface area (Å²) >= 11 is 0. The molecule has 2 aliphatic heterocycles. The van der Waals surface area contributed by atoms with E-state index in [0.29, 0.717) is 57.9 Å². The number of rotatable bonds is 21. The van der Waals surface area contributed by atoms with E-state index in [4.69, 9.17) is 4.74 Å². The van der Waals surface area contributed by atoms with Gasteiger partial charge in [0.1, 0.15) is 35.9 Å². The molecule has 13 heteroatoms. The maximum absolute atomic E-state index is 12.4. The van der Waals surface area contributed by atoms with Crippen molar-refractivity contribution >= 4 is 35.2 Å². The first-order chi connectivity index (χ1) is 20.5. The van der Waals surface area contributed by atoms with Crippen LogP contribution in [0.2, 0.25) is 0 Å². The summed E-state index contributed by atoms with van der Waals surface area (Å²) in [6.07, 6.45) is 5.72. The topological polar surface area (TPSA) is 200 Å². The molecule has 2 aliphatic rings. The van der Waals surface area contributed by atoms with E-state index in [2.05, 4.69) is 10.6 Å². The quantitative estimate of drug-likeness (QED) is 0.0905. The normalized spacial score (nSPS) is 23.4. The summed E-state index contributed by atoms with van der Waals surface area (Å²) < 4.78 is 5.49. The third-order valence-corrected chi connectivity index (χ3v) is 7.61. The number of ether oxygens (including phenoxy) is 1. The van der Waals surface area contributed by atoms with Crippen molar-refractivity contribution < 1.29 is 48.8 Å². The lowest BCUT2D eigenvalue weighted by Gasteiger charge is -2.42. The lowest BCUT2D eigenvalue weighted by Crippen LogP contribution is -2.68. The number of nitrogens with zero attached hydrogens (tertiary/aromatic N) is 1. The van der Waals surface area contributed by atoms with Crippen molar-refractivity contribution in [2.45, 2.75) is 127 Å². The van der Waals surface area contributed by atoms with Gasteiger partial charge in [0.2, 0.25) is 11.8 Å². The average Bonchev–Trinajstić information content (AvgIpc) is 3.28. The lowest BCUT2D eigenvalue weighted by atomic mass is 9.95. The van der Waals surface area contributed by atoms with Crippen LogP contribution in [0.1, 0.15) is 96.8 Å². The Morgan fingerprint density at radius 1 is 0.744 bits per heavy atom. The Hall–Kier alpha value is -3.00. The van der Waals surface area contributed by atoms with E-state index in [-0.39, 0.29) is 35.7 Å². The molecule has 0 aromatic carbocycles. The van der Waals surface area contributed by atoms with Gasteiger partial charge in [-0.1, -0.05) is 19.3 Å². The fraction of sp³-hybridized carbons (Fsp3) is 0.733. The zero-order valence-electron chi connectivity index (χ0n) is 25.0. The second-order valence-electron chi connectivity index (χ2n) is 11.2. The van der Waals surface area contributed by atoms with Gasteiger partial charge in [-0.3, -0.25) is 33.7 Å². The number of imide groups is 1. The maximum Gasteiger partial charge on any atom is 0.253 e. The van der Waals surface area contributed by atoms with E-state index in [1.807, 2.05) is 0 Å². The number of hydrogen-bond donors (Lipinski definition) is 5. The molecule has 0 aromatic rings. The van der Waals surface area contributed by atoms with E-state index in [0.717, 1.165) is 32.1 Å². The standard InChI is InChI=1S/C30H47N3O10/c1-20(35)31-27-29(42)28(41)23(19-34)43-30(27)32-24(38)15-9-3-7-13-21(36)11-5-2-6-12-22(37)14-8-4-10-18-33-25(39)16-17-26(33)40/h16-17,23,27-30,34,41-42H,2-15,18-19H2,1H3,(H,31,35)(H,32,38)/t23-,27-,28-,29-,30-/m1/s1. The summed E-state index contributed by atoms with van der Waals surface area (Å²) in [5.41, 5.74) is 0. The summed E-state index contributed by atoms with van der Waals surface area (Å²) in [6.45, 7) is 1.04. The predicted octanol–water partition coefficient (Wildman–Crippen LogP) is 0.571. The fourth-order valence-electron chi connectivity index (χ4n) is 5.14. The summed E-state index contributed by atoms with van der Waals surface area (Å²) in [5.74, 6) is -1.09. The zero-order chi connectivity index (χ0) is 31.8. The molecule has 0 bridgehead atoms. The van der Waals surface area contributed by atoms with E-state index in [1.165, 1.54) is 24.0 Å². The Morgan fingerprint density at radius 3 is 1.72 bits per heavy atom. The minimum atomic E-state index is -1.44. The van der Waals surface area contributed by atoms with Crippen LogP contribution in [-0.2, 0) is 33.5 Å². The highest BCUT2D eigenvalue weighted by Gasteiger charge is 2.45. The van der Waals surface area contributed by atoms with Crippen LogP contribution in [0.4, 0.5) is 0 Å². The van der Waals surface area contributed by atoms with Gasteiger partial charge >= 0.3 is 0 Å². The second kappa shape index (κ2) is 19.3. The predicted molar refractivity (Wildman–Crippen MR) is 154 cm³/mol. The Balaban J connectivity index is 1.48. The summed E-state index contributed by atoms with van der Waals surface area (Å²) in [6, 6.07) is -1.08. The molecule has 43 heavy (non-hydrogen) atoms. The number of carbonyl (C=O) groups excluding carboxylic acids is 6. The van der Waals surface area contributed by atoms with Crippen LogP contribution in [0.15, 0.2) is 12.2 Å². The van der Waals surface area contributed by atoms with Gasteiger partial charge < -0.3 is 30.7 Å².